The van der Waals surface area contributed by atoms with Gasteiger partial charge < -0.3 is 0 Å². The molecule has 2 aromatic carbocycles. The van der Waals surface area contributed by atoms with Crippen LogP contribution in [0.25, 0.3) is 0 Å². The van der Waals surface area contributed by atoms with Crippen LogP contribution in [0.3, 0.4) is 0 Å². The van der Waals surface area contributed by atoms with E-state index < -0.39 is 0 Å². The molecular formula is C17H20S. The molecule has 18 heavy (non-hydrogen) atoms. The number of rotatable bonds is 0. The number of benzene rings is 2. The smallest absolute Gasteiger partial charge is 0.0163 e. The molecule has 0 fully saturated rings. The summed E-state index contributed by atoms with van der Waals surface area (Å²) in [5.74, 6) is 0.522. The monoisotopic (exact) mass is 256 g/mol. The van der Waals surface area contributed by atoms with Gasteiger partial charge in [0.25, 0.3) is 0 Å². The molecule has 0 amide bonds. The minimum Gasteiger partial charge on any atom is -0.0895 e. The Morgan fingerprint density at radius 2 is 1.56 bits per heavy atom. The highest BCUT2D eigenvalue weighted by atomic mass is 32.2. The Morgan fingerprint density at radius 1 is 0.889 bits per heavy atom. The third kappa shape index (κ3) is 2.20. The van der Waals surface area contributed by atoms with Crippen LogP contribution < -0.4 is 0 Å². The molecule has 0 radical (unpaired) electrons. The summed E-state index contributed by atoms with van der Waals surface area (Å²) in [5.41, 5.74) is 4.38. The van der Waals surface area contributed by atoms with Gasteiger partial charge in [0.05, 0.1) is 0 Å². The van der Waals surface area contributed by atoms with Gasteiger partial charge in [-0.05, 0) is 35.7 Å². The molecule has 1 unspecified atom stereocenters. The SMILES string of the molecule is CC.Cc1cccc2c1C(C)c1ccccc1S2. The molecule has 1 aliphatic heterocycles. The Kier molecular flexibility index (Phi) is 4.13. The molecule has 3 rings (SSSR count). The molecule has 1 atom stereocenters. The highest BCUT2D eigenvalue weighted by Gasteiger charge is 2.23. The van der Waals surface area contributed by atoms with Gasteiger partial charge in [-0.2, -0.15) is 0 Å². The first-order valence-electron chi connectivity index (χ1n) is 6.63. The van der Waals surface area contributed by atoms with Crippen molar-refractivity contribution in [3.63, 3.8) is 0 Å². The van der Waals surface area contributed by atoms with Crippen LogP contribution in [-0.2, 0) is 0 Å². The molecule has 1 heteroatoms. The number of hydrogen-bond donors (Lipinski definition) is 0. The van der Waals surface area contributed by atoms with Gasteiger partial charge in [0.15, 0.2) is 0 Å². The maximum atomic E-state index is 2.31. The van der Waals surface area contributed by atoms with Crippen molar-refractivity contribution in [3.05, 3.63) is 59.2 Å². The molecule has 1 heterocycles. The van der Waals surface area contributed by atoms with Crippen LogP contribution in [0.5, 0.6) is 0 Å². The van der Waals surface area contributed by atoms with Gasteiger partial charge in [-0.15, -0.1) is 0 Å². The van der Waals surface area contributed by atoms with Crippen molar-refractivity contribution in [1.29, 1.82) is 0 Å². The van der Waals surface area contributed by atoms with Crippen molar-refractivity contribution < 1.29 is 0 Å². The lowest BCUT2D eigenvalue weighted by atomic mass is 9.89. The average Bonchev–Trinajstić information content (AvgIpc) is 2.41. The summed E-state index contributed by atoms with van der Waals surface area (Å²) in [6.07, 6.45) is 0. The minimum atomic E-state index is 0.522. The van der Waals surface area contributed by atoms with Crippen molar-refractivity contribution in [2.24, 2.45) is 0 Å². The Morgan fingerprint density at radius 3 is 2.33 bits per heavy atom. The zero-order valence-corrected chi connectivity index (χ0v) is 12.3. The molecule has 0 bridgehead atoms. The first-order valence-corrected chi connectivity index (χ1v) is 7.45. The maximum absolute atomic E-state index is 2.31. The summed E-state index contributed by atoms with van der Waals surface area (Å²) in [7, 11) is 0. The van der Waals surface area contributed by atoms with Crippen molar-refractivity contribution in [1.82, 2.24) is 0 Å². The lowest BCUT2D eigenvalue weighted by molar-refractivity contribution is 0.845. The van der Waals surface area contributed by atoms with E-state index in [-0.39, 0.29) is 0 Å². The van der Waals surface area contributed by atoms with Crippen LogP contribution in [0.1, 0.15) is 43.4 Å². The van der Waals surface area contributed by atoms with Gasteiger partial charge >= 0.3 is 0 Å². The van der Waals surface area contributed by atoms with Crippen molar-refractivity contribution in [2.45, 2.75) is 43.4 Å². The summed E-state index contributed by atoms with van der Waals surface area (Å²) >= 11 is 1.90. The lowest BCUT2D eigenvalue weighted by Crippen LogP contribution is -2.06. The average molecular weight is 256 g/mol. The molecule has 0 spiro atoms. The molecule has 0 aliphatic carbocycles. The quantitative estimate of drug-likeness (QED) is 0.588. The molecule has 94 valence electrons. The summed E-state index contributed by atoms with van der Waals surface area (Å²) in [4.78, 5) is 2.83. The highest BCUT2D eigenvalue weighted by Crippen LogP contribution is 2.46. The van der Waals surface area contributed by atoms with E-state index >= 15 is 0 Å². The molecule has 2 aromatic rings. The van der Waals surface area contributed by atoms with E-state index in [0.29, 0.717) is 5.92 Å². The van der Waals surface area contributed by atoms with Crippen molar-refractivity contribution >= 4 is 11.8 Å². The van der Waals surface area contributed by atoms with E-state index in [4.69, 9.17) is 0 Å². The van der Waals surface area contributed by atoms with Crippen molar-refractivity contribution in [2.75, 3.05) is 0 Å². The van der Waals surface area contributed by atoms with Crippen LogP contribution in [-0.4, -0.2) is 0 Å². The lowest BCUT2D eigenvalue weighted by Gasteiger charge is -2.26. The molecular weight excluding hydrogens is 236 g/mol. The topological polar surface area (TPSA) is 0 Å². The summed E-state index contributed by atoms with van der Waals surface area (Å²) in [5, 5.41) is 0. The second-order valence-corrected chi connectivity index (χ2v) is 5.43. The van der Waals surface area contributed by atoms with Crippen LogP contribution >= 0.6 is 11.8 Å². The second kappa shape index (κ2) is 5.62. The largest absolute Gasteiger partial charge is 0.0895 e. The van der Waals surface area contributed by atoms with Crippen LogP contribution in [0, 0.1) is 6.92 Å². The van der Waals surface area contributed by atoms with E-state index in [1.54, 1.807) is 0 Å². The van der Waals surface area contributed by atoms with E-state index in [2.05, 4.69) is 56.3 Å². The van der Waals surface area contributed by atoms with Crippen molar-refractivity contribution in [3.8, 4) is 0 Å². The fourth-order valence-corrected chi connectivity index (χ4v) is 3.84. The zero-order chi connectivity index (χ0) is 13.1. The van der Waals surface area contributed by atoms with Gasteiger partial charge in [-0.3, -0.25) is 0 Å². The van der Waals surface area contributed by atoms with Gasteiger partial charge in [-0.1, -0.05) is 62.9 Å². The number of aryl methyl sites for hydroxylation is 1. The summed E-state index contributed by atoms with van der Waals surface area (Å²) in [6.45, 7) is 8.52. The molecule has 0 N–H and O–H groups in total. The van der Waals surface area contributed by atoms with Gasteiger partial charge in [0.2, 0.25) is 0 Å². The first kappa shape index (κ1) is 13.2. The van der Waals surface area contributed by atoms with E-state index in [1.165, 1.54) is 26.5 Å². The molecule has 0 saturated heterocycles. The fraction of sp³-hybridized carbons (Fsp3) is 0.294. The number of fused-ring (bicyclic) bond motifs is 2. The Labute approximate surface area is 114 Å². The fourth-order valence-electron chi connectivity index (χ4n) is 2.50. The summed E-state index contributed by atoms with van der Waals surface area (Å²) < 4.78 is 0. The van der Waals surface area contributed by atoms with E-state index in [9.17, 15) is 0 Å². The van der Waals surface area contributed by atoms with Gasteiger partial charge in [0.1, 0.15) is 0 Å². The van der Waals surface area contributed by atoms with Crippen LogP contribution in [0.2, 0.25) is 0 Å². The van der Waals surface area contributed by atoms with Gasteiger partial charge in [0, 0.05) is 15.7 Å². The van der Waals surface area contributed by atoms with E-state index in [0.717, 1.165) is 0 Å². The Bertz CT molecular complexity index is 543. The predicted molar refractivity (Wildman–Crippen MR) is 80.6 cm³/mol. The normalized spacial score (nSPS) is 16.1. The van der Waals surface area contributed by atoms with Crippen LogP contribution in [0.4, 0.5) is 0 Å². The molecule has 0 nitrogen and oxygen atoms in total. The Balaban J connectivity index is 0.000000574. The zero-order valence-electron chi connectivity index (χ0n) is 11.5. The standard InChI is InChI=1S/C15H14S.C2H6/c1-10-6-5-9-14-15(10)11(2)12-7-3-4-8-13(12)16-14;1-2/h3-9,11H,1-2H3;1-2H3. The second-order valence-electron chi connectivity index (χ2n) is 4.35. The minimum absolute atomic E-state index is 0.522. The maximum Gasteiger partial charge on any atom is 0.0163 e. The molecule has 0 saturated carbocycles. The predicted octanol–water partition coefficient (Wildman–Crippen LogP) is 5.64. The summed E-state index contributed by atoms with van der Waals surface area (Å²) in [6, 6.07) is 15.3. The first-order chi connectivity index (χ1) is 8.77. The van der Waals surface area contributed by atoms with Gasteiger partial charge in [-0.25, -0.2) is 0 Å². The Hall–Kier alpha value is -1.21. The third-order valence-corrected chi connectivity index (χ3v) is 4.49. The molecule has 0 aromatic heterocycles. The van der Waals surface area contributed by atoms with Crippen LogP contribution in [0.15, 0.2) is 52.3 Å². The molecule has 1 aliphatic rings. The highest BCUT2D eigenvalue weighted by molar-refractivity contribution is 7.99. The van der Waals surface area contributed by atoms with E-state index in [1.807, 2.05) is 25.6 Å². The third-order valence-electron chi connectivity index (χ3n) is 3.32. The number of hydrogen-bond acceptors (Lipinski definition) is 1.